The van der Waals surface area contributed by atoms with Crippen molar-refractivity contribution in [1.82, 2.24) is 0 Å². The molecule has 274 valence electrons. The Balaban J connectivity index is 1.63. The lowest BCUT2D eigenvalue weighted by Gasteiger charge is -2.39. The summed E-state index contributed by atoms with van der Waals surface area (Å²) in [5.41, 5.74) is 6.17. The second-order valence-corrected chi connectivity index (χ2v) is 14.9. The van der Waals surface area contributed by atoms with Gasteiger partial charge in [-0.15, -0.1) is 0 Å². The van der Waals surface area contributed by atoms with E-state index in [9.17, 15) is 35.1 Å². The highest BCUT2D eigenvalue weighted by molar-refractivity contribution is 6.18. The van der Waals surface area contributed by atoms with Crippen LogP contribution in [-0.2, 0) is 6.42 Å². The third-order valence-corrected chi connectivity index (χ3v) is 10.2. The van der Waals surface area contributed by atoms with Gasteiger partial charge in [-0.1, -0.05) is 41.0 Å². The number of carbonyl (C=O) groups excluding carboxylic acids is 2. The molecule has 0 aliphatic heterocycles. The van der Waals surface area contributed by atoms with Gasteiger partial charge >= 0.3 is 0 Å². The van der Waals surface area contributed by atoms with Crippen LogP contribution in [0, 0.1) is 13.8 Å². The number of ether oxygens (including phenoxy) is 1. The van der Waals surface area contributed by atoms with Gasteiger partial charge in [0.15, 0.2) is 0 Å². The fourth-order valence-electron chi connectivity index (χ4n) is 7.75. The number of phenolic OH excluding ortho intramolecular Hbond substituents is 5. The van der Waals surface area contributed by atoms with Crippen molar-refractivity contribution in [3.8, 4) is 34.5 Å². The van der Waals surface area contributed by atoms with Gasteiger partial charge in [-0.25, -0.2) is 0 Å². The summed E-state index contributed by atoms with van der Waals surface area (Å²) in [5.74, 6) is -4.14. The van der Waals surface area contributed by atoms with E-state index in [-0.39, 0.29) is 69.4 Å². The summed E-state index contributed by atoms with van der Waals surface area (Å²) in [6.45, 7) is 13.7. The van der Waals surface area contributed by atoms with E-state index >= 15 is 0 Å². The Kier molecular flexibility index (Phi) is 10.0. The molecule has 0 fully saturated rings. The molecule has 4 aromatic carbocycles. The molecule has 2 aliphatic rings. The average Bonchev–Trinajstić information content (AvgIpc) is 3.04. The molecule has 0 heterocycles. The first-order valence-corrected chi connectivity index (χ1v) is 17.8. The first kappa shape index (κ1) is 37.0. The van der Waals surface area contributed by atoms with Crippen molar-refractivity contribution in [3.05, 3.63) is 139 Å². The van der Waals surface area contributed by atoms with E-state index < -0.39 is 29.2 Å². The Hall–Kier alpha value is -5.76. The van der Waals surface area contributed by atoms with E-state index in [4.69, 9.17) is 4.74 Å². The quantitative estimate of drug-likeness (QED) is 0.108. The first-order valence-electron chi connectivity index (χ1n) is 17.8. The van der Waals surface area contributed by atoms with Crippen LogP contribution < -0.4 is 4.74 Å². The summed E-state index contributed by atoms with van der Waals surface area (Å²) < 4.78 is 6.02. The van der Waals surface area contributed by atoms with Crippen LogP contribution in [0.1, 0.15) is 130 Å². The predicted molar refractivity (Wildman–Crippen MR) is 205 cm³/mol. The molecule has 53 heavy (non-hydrogen) atoms. The van der Waals surface area contributed by atoms with Crippen LogP contribution in [-0.4, -0.2) is 43.7 Å². The highest BCUT2D eigenvalue weighted by atomic mass is 16.5. The van der Waals surface area contributed by atoms with Crippen molar-refractivity contribution in [2.24, 2.45) is 0 Å². The number of ketones is 2. The Labute approximate surface area is 310 Å². The number of hydrogen-bond acceptors (Lipinski definition) is 8. The lowest BCUT2D eigenvalue weighted by Crippen LogP contribution is -2.30. The highest BCUT2D eigenvalue weighted by Gasteiger charge is 2.46. The molecule has 0 spiro atoms. The molecule has 4 aromatic rings. The average molecular weight is 715 g/mol. The summed E-state index contributed by atoms with van der Waals surface area (Å²) in [5, 5.41) is 57.6. The van der Waals surface area contributed by atoms with Crippen molar-refractivity contribution < 1.29 is 39.9 Å². The third-order valence-electron chi connectivity index (χ3n) is 10.2. The van der Waals surface area contributed by atoms with Gasteiger partial charge in [0.1, 0.15) is 41.1 Å². The molecule has 0 saturated heterocycles. The number of aryl methyl sites for hydroxylation is 2. The topological polar surface area (TPSA) is 145 Å². The first-order chi connectivity index (χ1) is 25.1. The fraction of sp³-hybridized carbons (Fsp3) is 0.289. The zero-order valence-electron chi connectivity index (χ0n) is 31.2. The van der Waals surface area contributed by atoms with Crippen LogP contribution in [0.15, 0.2) is 77.4 Å². The number of rotatable bonds is 9. The number of phenols is 5. The minimum Gasteiger partial charge on any atom is -0.508 e. The maximum absolute atomic E-state index is 14.4. The van der Waals surface area contributed by atoms with E-state index in [1.54, 1.807) is 32.0 Å². The van der Waals surface area contributed by atoms with Gasteiger partial charge in [-0.05, 0) is 131 Å². The van der Waals surface area contributed by atoms with Crippen LogP contribution in [0.2, 0.25) is 0 Å². The molecule has 5 N–H and O–H groups in total. The van der Waals surface area contributed by atoms with Gasteiger partial charge in [0, 0.05) is 23.5 Å². The highest BCUT2D eigenvalue weighted by Crippen LogP contribution is 2.57. The van der Waals surface area contributed by atoms with E-state index in [2.05, 4.69) is 6.08 Å². The van der Waals surface area contributed by atoms with Gasteiger partial charge < -0.3 is 30.3 Å². The number of fused-ring (bicyclic) bond motifs is 4. The molecular weight excluding hydrogens is 668 g/mol. The number of allylic oxidation sites excluding steroid dienone is 5. The largest absolute Gasteiger partial charge is 0.508 e. The van der Waals surface area contributed by atoms with Crippen molar-refractivity contribution in [1.29, 1.82) is 0 Å². The zero-order valence-corrected chi connectivity index (χ0v) is 31.2. The van der Waals surface area contributed by atoms with Gasteiger partial charge in [0.05, 0.1) is 22.3 Å². The van der Waals surface area contributed by atoms with E-state index in [1.807, 2.05) is 46.8 Å². The van der Waals surface area contributed by atoms with Gasteiger partial charge in [-0.2, -0.15) is 0 Å². The summed E-state index contributed by atoms with van der Waals surface area (Å²) in [6, 6.07) is 11.1. The Morgan fingerprint density at radius 2 is 1.09 bits per heavy atom. The smallest absolute Gasteiger partial charge is 0.201 e. The summed E-state index contributed by atoms with van der Waals surface area (Å²) in [4.78, 5) is 28.6. The normalized spacial score (nSPS) is 15.9. The third kappa shape index (κ3) is 6.81. The van der Waals surface area contributed by atoms with Crippen molar-refractivity contribution >= 4 is 11.6 Å². The van der Waals surface area contributed by atoms with Crippen LogP contribution in [0.4, 0.5) is 0 Å². The van der Waals surface area contributed by atoms with E-state index in [1.165, 1.54) is 29.8 Å². The number of carbonyl (C=O) groups is 2. The van der Waals surface area contributed by atoms with Gasteiger partial charge in [0.2, 0.25) is 11.6 Å². The van der Waals surface area contributed by atoms with Crippen LogP contribution in [0.5, 0.6) is 34.5 Å². The predicted octanol–water partition coefficient (Wildman–Crippen LogP) is 9.46. The van der Waals surface area contributed by atoms with Crippen LogP contribution in [0.3, 0.4) is 0 Å². The standard InChI is InChI=1S/C45H46O8/c1-22(2)9-8-10-24(5)11-12-28-33(46)21-32-38(30-16-26(7)18-35(48)40(30)45(52)42(32)43(28)50)37-29-15-25(6)17-34(47)39(29)44(51)41-31(37)19-27(20-36(41)49)53-14-13-23(3)4/h9,11,13,15-21,37-38,46-50H,8,10,12,14H2,1-7H3/b24-11+/t37-,38+/m1/s1. The molecule has 0 amide bonds. The molecule has 0 radical (unpaired) electrons. The van der Waals surface area contributed by atoms with Crippen LogP contribution in [0.25, 0.3) is 0 Å². The lowest BCUT2D eigenvalue weighted by atomic mass is 9.63. The molecule has 8 heteroatoms. The second-order valence-electron chi connectivity index (χ2n) is 14.9. The second kappa shape index (κ2) is 14.3. The fourth-order valence-corrected chi connectivity index (χ4v) is 7.75. The van der Waals surface area contributed by atoms with Crippen molar-refractivity contribution in [2.75, 3.05) is 6.61 Å². The molecule has 2 atom stereocenters. The van der Waals surface area contributed by atoms with Gasteiger partial charge in [0.25, 0.3) is 0 Å². The maximum atomic E-state index is 14.4. The molecule has 8 nitrogen and oxygen atoms in total. The lowest BCUT2D eigenvalue weighted by molar-refractivity contribution is 0.101. The van der Waals surface area contributed by atoms with E-state index in [0.29, 0.717) is 33.6 Å². The molecule has 6 rings (SSSR count). The maximum Gasteiger partial charge on any atom is 0.201 e. The number of hydrogen-bond donors (Lipinski definition) is 5. The van der Waals surface area contributed by atoms with Crippen LogP contribution >= 0.6 is 0 Å². The zero-order chi connectivity index (χ0) is 38.5. The SMILES string of the molecule is CC(C)=CCC/C(C)=C/Cc1c(O)cc2c(c1O)C(=O)c1c(O)cc(C)cc1[C@@H]2[C@@H]1c2cc(C)cc(O)c2C(=O)c2c(O)cc(OCC=C(C)C)cc21. The Morgan fingerprint density at radius 1 is 0.604 bits per heavy atom. The molecule has 0 aromatic heterocycles. The summed E-state index contributed by atoms with van der Waals surface area (Å²) in [6.07, 6.45) is 7.74. The Bertz CT molecular complexity index is 2280. The Morgan fingerprint density at radius 3 is 1.64 bits per heavy atom. The summed E-state index contributed by atoms with van der Waals surface area (Å²) >= 11 is 0. The van der Waals surface area contributed by atoms with Gasteiger partial charge in [-0.3, -0.25) is 9.59 Å². The minimum absolute atomic E-state index is 0.00253. The number of benzene rings is 4. The number of aromatic hydroxyl groups is 5. The molecule has 0 unspecified atom stereocenters. The minimum atomic E-state index is -0.894. The van der Waals surface area contributed by atoms with Crippen molar-refractivity contribution in [3.63, 3.8) is 0 Å². The summed E-state index contributed by atoms with van der Waals surface area (Å²) in [7, 11) is 0. The molecule has 0 saturated carbocycles. The van der Waals surface area contributed by atoms with E-state index in [0.717, 1.165) is 24.0 Å². The molecule has 2 aliphatic carbocycles. The molecule has 0 bridgehead atoms. The monoisotopic (exact) mass is 714 g/mol. The molecular formula is C45H46O8. The van der Waals surface area contributed by atoms with Crippen molar-refractivity contribution in [2.45, 2.75) is 79.6 Å².